The Kier molecular flexibility index (Phi) is 4.25. The molecule has 0 fully saturated rings. The van der Waals surface area contributed by atoms with Gasteiger partial charge in [0.25, 0.3) is 0 Å². The number of aromatic nitrogens is 3. The van der Waals surface area contributed by atoms with Crippen molar-refractivity contribution in [3.05, 3.63) is 40.7 Å². The molecule has 0 spiro atoms. The van der Waals surface area contributed by atoms with Crippen molar-refractivity contribution in [3.8, 4) is 0 Å². The largest absolute Gasteiger partial charge is 0.476 e. The van der Waals surface area contributed by atoms with Crippen LogP contribution < -0.4 is 5.32 Å². The molecule has 1 amide bonds. The standard InChI is InChI=1S/C15H18N4O3/c1-8-5-9(2)13(10(3)6-8)17-14(20)11(4)19-12(15(21)22)7-16-18-19/h5-7,11H,1-4H3,(H,17,20)(H,21,22). The summed E-state index contributed by atoms with van der Waals surface area (Å²) in [5, 5.41) is 19.1. The summed E-state index contributed by atoms with van der Waals surface area (Å²) in [5.41, 5.74) is 3.63. The number of aryl methyl sites for hydroxylation is 3. The van der Waals surface area contributed by atoms with E-state index in [4.69, 9.17) is 5.11 Å². The van der Waals surface area contributed by atoms with Crippen molar-refractivity contribution >= 4 is 17.6 Å². The van der Waals surface area contributed by atoms with Crippen molar-refractivity contribution in [1.82, 2.24) is 15.0 Å². The van der Waals surface area contributed by atoms with Gasteiger partial charge in [-0.15, -0.1) is 5.10 Å². The number of carbonyl (C=O) groups excluding carboxylic acids is 1. The molecule has 1 aromatic carbocycles. The molecule has 1 heterocycles. The van der Waals surface area contributed by atoms with Crippen LogP contribution in [0.2, 0.25) is 0 Å². The number of carboxylic acid groups (broad SMARTS) is 1. The van der Waals surface area contributed by atoms with E-state index in [-0.39, 0.29) is 11.6 Å². The fraction of sp³-hybridized carbons (Fsp3) is 0.333. The Morgan fingerprint density at radius 2 is 1.82 bits per heavy atom. The second kappa shape index (κ2) is 5.97. The molecule has 22 heavy (non-hydrogen) atoms. The Hall–Kier alpha value is -2.70. The third-order valence-electron chi connectivity index (χ3n) is 3.47. The van der Waals surface area contributed by atoms with Gasteiger partial charge in [-0.05, 0) is 38.8 Å². The zero-order chi connectivity index (χ0) is 16.4. The lowest BCUT2D eigenvalue weighted by atomic mass is 10.0. The zero-order valence-corrected chi connectivity index (χ0v) is 12.9. The fourth-order valence-electron chi connectivity index (χ4n) is 2.40. The second-order valence-corrected chi connectivity index (χ2v) is 5.31. The van der Waals surface area contributed by atoms with E-state index in [1.54, 1.807) is 6.92 Å². The van der Waals surface area contributed by atoms with Crippen molar-refractivity contribution in [2.24, 2.45) is 0 Å². The SMILES string of the molecule is Cc1cc(C)c(NC(=O)C(C)n2nncc2C(=O)O)c(C)c1. The van der Waals surface area contributed by atoms with Crippen molar-refractivity contribution in [3.63, 3.8) is 0 Å². The number of amides is 1. The molecule has 7 heteroatoms. The van der Waals surface area contributed by atoms with Gasteiger partial charge in [0.1, 0.15) is 6.04 Å². The Balaban J connectivity index is 2.26. The topological polar surface area (TPSA) is 97.1 Å². The first kappa shape index (κ1) is 15.7. The minimum absolute atomic E-state index is 0.125. The molecule has 0 saturated carbocycles. The first-order valence-corrected chi connectivity index (χ1v) is 6.83. The summed E-state index contributed by atoms with van der Waals surface area (Å²) in [7, 11) is 0. The van der Waals surface area contributed by atoms with Crippen LogP contribution in [0.1, 0.15) is 40.1 Å². The summed E-state index contributed by atoms with van der Waals surface area (Å²) in [6.45, 7) is 7.40. The molecule has 7 nitrogen and oxygen atoms in total. The van der Waals surface area contributed by atoms with Crippen LogP contribution >= 0.6 is 0 Å². The van der Waals surface area contributed by atoms with Crippen molar-refractivity contribution in [2.75, 3.05) is 5.32 Å². The lowest BCUT2D eigenvalue weighted by Gasteiger charge is -2.17. The number of nitrogens with one attached hydrogen (secondary N) is 1. The molecular formula is C15H18N4O3. The molecule has 0 saturated heterocycles. The Morgan fingerprint density at radius 1 is 1.23 bits per heavy atom. The predicted molar refractivity (Wildman–Crippen MR) is 81.0 cm³/mol. The van der Waals surface area contributed by atoms with E-state index in [2.05, 4.69) is 15.6 Å². The molecule has 0 radical (unpaired) electrons. The third-order valence-corrected chi connectivity index (χ3v) is 3.47. The molecule has 0 aliphatic heterocycles. The quantitative estimate of drug-likeness (QED) is 0.901. The number of anilines is 1. The van der Waals surface area contributed by atoms with Gasteiger partial charge < -0.3 is 10.4 Å². The Morgan fingerprint density at radius 3 is 2.36 bits per heavy atom. The average molecular weight is 302 g/mol. The summed E-state index contributed by atoms with van der Waals surface area (Å²) in [6.07, 6.45) is 1.12. The van der Waals surface area contributed by atoms with Gasteiger partial charge in [-0.2, -0.15) is 0 Å². The highest BCUT2D eigenvalue weighted by atomic mass is 16.4. The van der Waals surface area contributed by atoms with Gasteiger partial charge in [0, 0.05) is 5.69 Å². The van der Waals surface area contributed by atoms with Gasteiger partial charge in [-0.1, -0.05) is 22.9 Å². The minimum Gasteiger partial charge on any atom is -0.476 e. The first-order chi connectivity index (χ1) is 10.3. The smallest absolute Gasteiger partial charge is 0.355 e. The predicted octanol–water partition coefficient (Wildman–Crippen LogP) is 2.10. The van der Waals surface area contributed by atoms with Gasteiger partial charge in [0.2, 0.25) is 5.91 Å². The van der Waals surface area contributed by atoms with E-state index in [1.807, 2.05) is 32.9 Å². The molecule has 0 aliphatic carbocycles. The number of carbonyl (C=O) groups is 2. The van der Waals surface area contributed by atoms with Gasteiger partial charge in [0.15, 0.2) is 5.69 Å². The van der Waals surface area contributed by atoms with E-state index in [0.717, 1.165) is 33.3 Å². The number of nitrogens with zero attached hydrogens (tertiary/aromatic N) is 3. The van der Waals surface area contributed by atoms with Crippen LogP contribution in [0.3, 0.4) is 0 Å². The molecule has 2 aromatic rings. The molecule has 1 aromatic heterocycles. The molecule has 116 valence electrons. The normalized spacial score (nSPS) is 12.0. The van der Waals surface area contributed by atoms with Crippen LogP contribution in [-0.2, 0) is 4.79 Å². The monoisotopic (exact) mass is 302 g/mol. The zero-order valence-electron chi connectivity index (χ0n) is 12.9. The van der Waals surface area contributed by atoms with Crippen LogP contribution in [0.25, 0.3) is 0 Å². The third kappa shape index (κ3) is 2.98. The van der Waals surface area contributed by atoms with Crippen molar-refractivity contribution in [1.29, 1.82) is 0 Å². The van der Waals surface area contributed by atoms with Gasteiger partial charge in [-0.3, -0.25) is 4.79 Å². The molecule has 2 N–H and O–H groups in total. The number of aromatic carboxylic acids is 1. The fourth-order valence-corrected chi connectivity index (χ4v) is 2.40. The number of hydrogen-bond donors (Lipinski definition) is 2. The van der Waals surface area contributed by atoms with Gasteiger partial charge in [-0.25, -0.2) is 9.48 Å². The highest BCUT2D eigenvalue weighted by Gasteiger charge is 2.23. The van der Waals surface area contributed by atoms with E-state index in [1.165, 1.54) is 0 Å². The van der Waals surface area contributed by atoms with Gasteiger partial charge >= 0.3 is 5.97 Å². The minimum atomic E-state index is -1.17. The van der Waals surface area contributed by atoms with E-state index < -0.39 is 12.0 Å². The van der Waals surface area contributed by atoms with Crippen molar-refractivity contribution in [2.45, 2.75) is 33.7 Å². The highest BCUT2D eigenvalue weighted by molar-refractivity contribution is 5.95. The van der Waals surface area contributed by atoms with Crippen LogP contribution in [-0.4, -0.2) is 32.0 Å². The summed E-state index contributed by atoms with van der Waals surface area (Å²) in [4.78, 5) is 23.5. The molecule has 1 unspecified atom stereocenters. The van der Waals surface area contributed by atoms with E-state index in [0.29, 0.717) is 0 Å². The summed E-state index contributed by atoms with van der Waals surface area (Å²) < 4.78 is 1.09. The number of rotatable bonds is 4. The van der Waals surface area contributed by atoms with Crippen LogP contribution in [0.15, 0.2) is 18.3 Å². The maximum Gasteiger partial charge on any atom is 0.355 e. The molecule has 2 rings (SSSR count). The average Bonchev–Trinajstić information content (AvgIpc) is 2.91. The van der Waals surface area contributed by atoms with Crippen LogP contribution in [0.5, 0.6) is 0 Å². The Bertz CT molecular complexity index is 713. The lowest BCUT2D eigenvalue weighted by molar-refractivity contribution is -0.119. The lowest BCUT2D eigenvalue weighted by Crippen LogP contribution is -2.27. The number of hydrogen-bond acceptors (Lipinski definition) is 4. The molecule has 0 aliphatic rings. The maximum atomic E-state index is 12.4. The summed E-state index contributed by atoms with van der Waals surface area (Å²) in [6, 6.07) is 3.17. The Labute approximate surface area is 128 Å². The maximum absolute atomic E-state index is 12.4. The molecule has 0 bridgehead atoms. The second-order valence-electron chi connectivity index (χ2n) is 5.31. The molecular weight excluding hydrogens is 284 g/mol. The van der Waals surface area contributed by atoms with Crippen molar-refractivity contribution < 1.29 is 14.7 Å². The highest BCUT2D eigenvalue weighted by Crippen LogP contribution is 2.23. The van der Waals surface area contributed by atoms with Crippen LogP contribution in [0, 0.1) is 20.8 Å². The number of carboxylic acids is 1. The number of benzene rings is 1. The summed E-state index contributed by atoms with van der Waals surface area (Å²) in [5.74, 6) is -1.52. The van der Waals surface area contributed by atoms with E-state index >= 15 is 0 Å². The summed E-state index contributed by atoms with van der Waals surface area (Å²) >= 11 is 0. The molecule has 1 atom stereocenters. The first-order valence-electron chi connectivity index (χ1n) is 6.83. The van der Waals surface area contributed by atoms with E-state index in [9.17, 15) is 9.59 Å². The van der Waals surface area contributed by atoms with Crippen LogP contribution in [0.4, 0.5) is 5.69 Å². The van der Waals surface area contributed by atoms with Gasteiger partial charge in [0.05, 0.1) is 6.20 Å².